The summed E-state index contributed by atoms with van der Waals surface area (Å²) in [6, 6.07) is 10.0. The van der Waals surface area contributed by atoms with Crippen LogP contribution in [0.4, 0.5) is 4.39 Å². The Balaban J connectivity index is 2.04. The number of benzene rings is 2. The van der Waals surface area contributed by atoms with Gasteiger partial charge < -0.3 is 0 Å². The Kier molecular flexibility index (Phi) is 4.95. The SMILES string of the molecule is CCCCCCCc1ccc2c(F)c(C)ccc2c1. The van der Waals surface area contributed by atoms with E-state index in [4.69, 9.17) is 0 Å². The zero-order valence-electron chi connectivity index (χ0n) is 12.0. The van der Waals surface area contributed by atoms with Gasteiger partial charge in [-0.2, -0.15) is 0 Å². The van der Waals surface area contributed by atoms with Crippen LogP contribution in [0.25, 0.3) is 10.8 Å². The zero-order chi connectivity index (χ0) is 13.7. The second-order valence-electron chi connectivity index (χ2n) is 5.42. The lowest BCUT2D eigenvalue weighted by molar-refractivity contribution is 0.629. The Morgan fingerprint density at radius 1 is 0.947 bits per heavy atom. The smallest absolute Gasteiger partial charge is 0.133 e. The summed E-state index contributed by atoms with van der Waals surface area (Å²) in [6.45, 7) is 4.05. The summed E-state index contributed by atoms with van der Waals surface area (Å²) in [5.41, 5.74) is 2.05. The summed E-state index contributed by atoms with van der Waals surface area (Å²) >= 11 is 0. The minimum Gasteiger partial charge on any atom is -0.206 e. The van der Waals surface area contributed by atoms with Crippen molar-refractivity contribution in [2.24, 2.45) is 0 Å². The van der Waals surface area contributed by atoms with Crippen LogP contribution < -0.4 is 0 Å². The first-order chi connectivity index (χ1) is 9.22. The molecular weight excluding hydrogens is 235 g/mol. The normalized spacial score (nSPS) is 11.1. The van der Waals surface area contributed by atoms with Gasteiger partial charge in [0.1, 0.15) is 5.82 Å². The van der Waals surface area contributed by atoms with E-state index in [9.17, 15) is 4.39 Å². The van der Waals surface area contributed by atoms with Crippen molar-refractivity contribution >= 4 is 10.8 Å². The third kappa shape index (κ3) is 3.56. The fourth-order valence-corrected chi connectivity index (χ4v) is 2.54. The van der Waals surface area contributed by atoms with Gasteiger partial charge in [-0.25, -0.2) is 4.39 Å². The molecule has 0 amide bonds. The number of fused-ring (bicyclic) bond motifs is 1. The summed E-state index contributed by atoms with van der Waals surface area (Å²) in [5, 5.41) is 1.77. The van der Waals surface area contributed by atoms with Crippen LogP contribution in [0.2, 0.25) is 0 Å². The second kappa shape index (κ2) is 6.70. The summed E-state index contributed by atoms with van der Waals surface area (Å²) in [7, 11) is 0. The molecule has 2 rings (SSSR count). The van der Waals surface area contributed by atoms with E-state index in [0.29, 0.717) is 0 Å². The molecule has 0 N–H and O–H groups in total. The number of hydrogen-bond acceptors (Lipinski definition) is 0. The Bertz CT molecular complexity index is 543. The third-order valence-corrected chi connectivity index (χ3v) is 3.78. The van der Waals surface area contributed by atoms with Crippen LogP contribution in [0.1, 0.15) is 50.2 Å². The number of unbranched alkanes of at least 4 members (excludes halogenated alkanes) is 4. The molecule has 0 aliphatic carbocycles. The van der Waals surface area contributed by atoms with Crippen molar-refractivity contribution in [3.05, 3.63) is 47.3 Å². The van der Waals surface area contributed by atoms with Crippen LogP contribution in [-0.4, -0.2) is 0 Å². The molecule has 0 atom stereocenters. The maximum absolute atomic E-state index is 13.9. The molecule has 0 saturated carbocycles. The van der Waals surface area contributed by atoms with Gasteiger partial charge in [0, 0.05) is 5.39 Å². The van der Waals surface area contributed by atoms with Crippen LogP contribution in [0.15, 0.2) is 30.3 Å². The molecule has 2 aromatic carbocycles. The first-order valence-electron chi connectivity index (χ1n) is 7.40. The van der Waals surface area contributed by atoms with Crippen LogP contribution in [-0.2, 0) is 6.42 Å². The number of hydrogen-bond donors (Lipinski definition) is 0. The van der Waals surface area contributed by atoms with Gasteiger partial charge in [0.2, 0.25) is 0 Å². The molecule has 0 aliphatic rings. The van der Waals surface area contributed by atoms with Crippen molar-refractivity contribution in [1.29, 1.82) is 0 Å². The van der Waals surface area contributed by atoms with Gasteiger partial charge >= 0.3 is 0 Å². The van der Waals surface area contributed by atoms with E-state index in [1.807, 2.05) is 25.1 Å². The van der Waals surface area contributed by atoms with Crippen molar-refractivity contribution in [1.82, 2.24) is 0 Å². The van der Waals surface area contributed by atoms with Gasteiger partial charge in [0.25, 0.3) is 0 Å². The van der Waals surface area contributed by atoms with Crippen molar-refractivity contribution in [2.45, 2.75) is 52.4 Å². The number of aryl methyl sites for hydroxylation is 2. The fraction of sp³-hybridized carbons (Fsp3) is 0.444. The third-order valence-electron chi connectivity index (χ3n) is 3.78. The van der Waals surface area contributed by atoms with Crippen LogP contribution in [0.5, 0.6) is 0 Å². The standard InChI is InChI=1S/C18H23F/c1-3-4-5-6-7-8-15-10-12-17-16(13-15)11-9-14(2)18(17)19/h9-13H,3-8H2,1-2H3. The Labute approximate surface area is 115 Å². The van der Waals surface area contributed by atoms with Crippen LogP contribution in [0, 0.1) is 12.7 Å². The summed E-state index contributed by atoms with van der Waals surface area (Å²) in [6.07, 6.45) is 7.60. The molecule has 0 fully saturated rings. The molecule has 0 spiro atoms. The van der Waals surface area contributed by atoms with Crippen molar-refractivity contribution < 1.29 is 4.39 Å². The molecule has 2 aromatic rings. The summed E-state index contributed by atoms with van der Waals surface area (Å²) < 4.78 is 13.9. The van der Waals surface area contributed by atoms with E-state index in [1.54, 1.807) is 0 Å². The minimum atomic E-state index is -0.0769. The molecule has 0 unspecified atom stereocenters. The Hall–Kier alpha value is -1.37. The van der Waals surface area contributed by atoms with Crippen molar-refractivity contribution in [2.75, 3.05) is 0 Å². The second-order valence-corrected chi connectivity index (χ2v) is 5.42. The van der Waals surface area contributed by atoms with E-state index in [2.05, 4.69) is 19.1 Å². The molecule has 1 heteroatoms. The Morgan fingerprint density at radius 3 is 2.53 bits per heavy atom. The first kappa shape index (κ1) is 14.0. The molecule has 0 heterocycles. The van der Waals surface area contributed by atoms with Gasteiger partial charge in [-0.1, -0.05) is 62.9 Å². The zero-order valence-corrected chi connectivity index (χ0v) is 12.0. The largest absolute Gasteiger partial charge is 0.206 e. The van der Waals surface area contributed by atoms with E-state index >= 15 is 0 Å². The molecule has 0 saturated heterocycles. The molecule has 102 valence electrons. The van der Waals surface area contributed by atoms with E-state index in [0.717, 1.165) is 22.8 Å². The highest BCUT2D eigenvalue weighted by Crippen LogP contribution is 2.22. The highest BCUT2D eigenvalue weighted by molar-refractivity contribution is 5.84. The van der Waals surface area contributed by atoms with E-state index < -0.39 is 0 Å². The van der Waals surface area contributed by atoms with Gasteiger partial charge in [-0.3, -0.25) is 0 Å². The van der Waals surface area contributed by atoms with Gasteiger partial charge in [0.05, 0.1) is 0 Å². The van der Waals surface area contributed by atoms with Crippen molar-refractivity contribution in [3.8, 4) is 0 Å². The summed E-state index contributed by atoms with van der Waals surface area (Å²) in [5.74, 6) is -0.0769. The molecule has 0 bridgehead atoms. The molecule has 0 aliphatic heterocycles. The van der Waals surface area contributed by atoms with E-state index in [1.165, 1.54) is 37.7 Å². The Morgan fingerprint density at radius 2 is 1.74 bits per heavy atom. The predicted molar refractivity (Wildman–Crippen MR) is 81.1 cm³/mol. The van der Waals surface area contributed by atoms with Crippen LogP contribution >= 0.6 is 0 Å². The lowest BCUT2D eigenvalue weighted by Crippen LogP contribution is -1.89. The molecule has 19 heavy (non-hydrogen) atoms. The van der Waals surface area contributed by atoms with E-state index in [-0.39, 0.29) is 5.82 Å². The quantitative estimate of drug-likeness (QED) is 0.574. The van der Waals surface area contributed by atoms with Crippen molar-refractivity contribution in [3.63, 3.8) is 0 Å². The highest BCUT2D eigenvalue weighted by atomic mass is 19.1. The lowest BCUT2D eigenvalue weighted by atomic mass is 10.0. The first-order valence-corrected chi connectivity index (χ1v) is 7.40. The topological polar surface area (TPSA) is 0 Å². The predicted octanol–water partition coefficient (Wildman–Crippen LogP) is 5.80. The van der Waals surface area contributed by atoms with Gasteiger partial charge in [-0.05, 0) is 36.3 Å². The summed E-state index contributed by atoms with van der Waals surface area (Å²) in [4.78, 5) is 0. The minimum absolute atomic E-state index is 0.0769. The van der Waals surface area contributed by atoms with Gasteiger partial charge in [-0.15, -0.1) is 0 Å². The maximum Gasteiger partial charge on any atom is 0.133 e. The molecule has 0 radical (unpaired) electrons. The monoisotopic (exact) mass is 258 g/mol. The average Bonchev–Trinajstić information content (AvgIpc) is 2.43. The van der Waals surface area contributed by atoms with Crippen LogP contribution in [0.3, 0.4) is 0 Å². The average molecular weight is 258 g/mol. The van der Waals surface area contributed by atoms with Gasteiger partial charge in [0.15, 0.2) is 0 Å². The fourth-order valence-electron chi connectivity index (χ4n) is 2.54. The number of halogens is 1. The highest BCUT2D eigenvalue weighted by Gasteiger charge is 2.04. The molecule has 0 aromatic heterocycles. The number of rotatable bonds is 6. The lowest BCUT2D eigenvalue weighted by Gasteiger charge is -2.06. The molecule has 0 nitrogen and oxygen atoms in total. The molecular formula is C18H23F. The maximum atomic E-state index is 13.9.